The van der Waals surface area contributed by atoms with Crippen LogP contribution in [0.3, 0.4) is 0 Å². The quantitative estimate of drug-likeness (QED) is 0.656. The van der Waals surface area contributed by atoms with Crippen molar-refractivity contribution in [2.45, 2.75) is 25.9 Å². The average Bonchev–Trinajstić information content (AvgIpc) is 3.24. The molecule has 0 unspecified atom stereocenters. The number of likely N-dealkylation sites (tertiary alicyclic amines) is 1. The number of benzene rings is 1. The second kappa shape index (κ2) is 9.82. The summed E-state index contributed by atoms with van der Waals surface area (Å²) in [7, 11) is 4.34. The number of nitrogens with one attached hydrogen (secondary N) is 1. The van der Waals surface area contributed by atoms with Crippen LogP contribution in [0.2, 0.25) is 0 Å². The lowest BCUT2D eigenvalue weighted by Gasteiger charge is -2.20. The maximum absolute atomic E-state index is 12.4. The molecule has 2 rings (SSSR count). The summed E-state index contributed by atoms with van der Waals surface area (Å²) in [6.07, 6.45) is 1.03. The van der Waals surface area contributed by atoms with Gasteiger partial charge in [-0.3, -0.25) is 14.4 Å². The second-order valence-electron chi connectivity index (χ2n) is 6.26. The molecule has 1 heterocycles. The lowest BCUT2D eigenvalue weighted by atomic mass is 10.1. The van der Waals surface area contributed by atoms with Gasteiger partial charge in [0, 0.05) is 18.7 Å². The third-order valence-electron chi connectivity index (χ3n) is 4.39. The summed E-state index contributed by atoms with van der Waals surface area (Å²) >= 11 is 0. The third kappa shape index (κ3) is 5.05. The van der Waals surface area contributed by atoms with Crippen molar-refractivity contribution in [1.29, 1.82) is 0 Å². The lowest BCUT2D eigenvalue weighted by molar-refractivity contribution is -0.157. The van der Waals surface area contributed by atoms with E-state index in [0.717, 1.165) is 12.8 Å². The number of carbonyl (C=O) groups is 3. The molecule has 1 aromatic rings. The molecular formula is C19H26N2O7. The highest BCUT2D eigenvalue weighted by atomic mass is 16.5. The molecule has 2 amide bonds. The van der Waals surface area contributed by atoms with Crippen molar-refractivity contribution >= 4 is 17.8 Å². The highest BCUT2D eigenvalue weighted by Crippen LogP contribution is 2.38. The Morgan fingerprint density at radius 2 is 1.61 bits per heavy atom. The Bertz CT molecular complexity index is 704. The molecule has 9 heteroatoms. The van der Waals surface area contributed by atoms with Crippen molar-refractivity contribution in [3.63, 3.8) is 0 Å². The number of hydrogen-bond acceptors (Lipinski definition) is 7. The first-order chi connectivity index (χ1) is 13.4. The normalized spacial score (nSPS) is 14.2. The van der Waals surface area contributed by atoms with E-state index >= 15 is 0 Å². The van der Waals surface area contributed by atoms with Crippen molar-refractivity contribution in [2.24, 2.45) is 0 Å². The summed E-state index contributed by atoms with van der Waals surface area (Å²) in [5, 5.41) is 2.46. The number of nitrogens with zero attached hydrogens (tertiary/aromatic N) is 1. The third-order valence-corrected chi connectivity index (χ3v) is 4.39. The number of carbonyl (C=O) groups excluding carboxylic acids is 3. The summed E-state index contributed by atoms with van der Waals surface area (Å²) < 4.78 is 20.7. The number of esters is 1. The summed E-state index contributed by atoms with van der Waals surface area (Å²) in [5.74, 6) is -0.439. The average molecular weight is 394 g/mol. The number of methoxy groups -OCH3 is 3. The highest BCUT2D eigenvalue weighted by molar-refractivity contribution is 5.97. The fourth-order valence-electron chi connectivity index (χ4n) is 2.95. The largest absolute Gasteiger partial charge is 0.493 e. The maximum atomic E-state index is 12.4. The van der Waals surface area contributed by atoms with Gasteiger partial charge in [-0.2, -0.15) is 0 Å². The zero-order valence-corrected chi connectivity index (χ0v) is 16.6. The van der Waals surface area contributed by atoms with Gasteiger partial charge in [0.15, 0.2) is 17.6 Å². The van der Waals surface area contributed by atoms with Crippen molar-refractivity contribution < 1.29 is 33.3 Å². The Balaban J connectivity index is 1.94. The van der Waals surface area contributed by atoms with E-state index in [-0.39, 0.29) is 18.0 Å². The van der Waals surface area contributed by atoms with Crippen LogP contribution < -0.4 is 19.5 Å². The van der Waals surface area contributed by atoms with Crippen LogP contribution in [0.25, 0.3) is 0 Å². The van der Waals surface area contributed by atoms with Gasteiger partial charge in [-0.15, -0.1) is 0 Å². The summed E-state index contributed by atoms with van der Waals surface area (Å²) in [6.45, 7) is 2.52. The second-order valence-corrected chi connectivity index (χ2v) is 6.26. The Kier molecular flexibility index (Phi) is 7.48. The van der Waals surface area contributed by atoms with E-state index in [1.165, 1.54) is 40.4 Å². The Labute approximate surface area is 163 Å². The van der Waals surface area contributed by atoms with Gasteiger partial charge in [-0.1, -0.05) is 0 Å². The predicted octanol–water partition coefficient (Wildman–Crippen LogP) is 0.996. The summed E-state index contributed by atoms with van der Waals surface area (Å²) in [5.41, 5.74) is 0.225. The SMILES string of the molecule is COc1cc(C(=O)NCC(=O)O[C@@H](C)C(=O)N2CCCC2)cc(OC)c1OC. The van der Waals surface area contributed by atoms with Crippen molar-refractivity contribution in [3.05, 3.63) is 17.7 Å². The van der Waals surface area contributed by atoms with Crippen LogP contribution in [0.1, 0.15) is 30.1 Å². The minimum absolute atomic E-state index is 0.221. The fraction of sp³-hybridized carbons (Fsp3) is 0.526. The van der Waals surface area contributed by atoms with Gasteiger partial charge in [0.2, 0.25) is 5.75 Å². The van der Waals surface area contributed by atoms with E-state index in [4.69, 9.17) is 18.9 Å². The van der Waals surface area contributed by atoms with Crippen LogP contribution in [0, 0.1) is 0 Å². The highest BCUT2D eigenvalue weighted by Gasteiger charge is 2.26. The van der Waals surface area contributed by atoms with Gasteiger partial charge >= 0.3 is 5.97 Å². The van der Waals surface area contributed by atoms with Gasteiger partial charge in [0.1, 0.15) is 6.54 Å². The molecule has 0 saturated carbocycles. The van der Waals surface area contributed by atoms with Gasteiger partial charge in [-0.25, -0.2) is 0 Å². The first kappa shape index (κ1) is 21.3. The molecule has 1 fully saturated rings. The molecule has 0 aliphatic carbocycles. The molecule has 9 nitrogen and oxygen atoms in total. The van der Waals surface area contributed by atoms with Gasteiger partial charge in [0.25, 0.3) is 11.8 Å². The molecule has 0 spiro atoms. The van der Waals surface area contributed by atoms with E-state index in [1.807, 2.05) is 0 Å². The van der Waals surface area contributed by atoms with Crippen LogP contribution in [0.5, 0.6) is 17.2 Å². The van der Waals surface area contributed by atoms with Crippen molar-refractivity contribution in [1.82, 2.24) is 10.2 Å². The number of amides is 2. The first-order valence-electron chi connectivity index (χ1n) is 8.97. The molecular weight excluding hydrogens is 368 g/mol. The fourth-order valence-corrected chi connectivity index (χ4v) is 2.95. The standard InChI is InChI=1S/C19H26N2O7/c1-12(19(24)21-7-5-6-8-21)28-16(22)11-20-18(23)13-9-14(25-2)17(27-4)15(10-13)26-3/h9-10,12H,5-8,11H2,1-4H3,(H,20,23)/t12-/m0/s1. The minimum Gasteiger partial charge on any atom is -0.493 e. The maximum Gasteiger partial charge on any atom is 0.326 e. The smallest absolute Gasteiger partial charge is 0.326 e. The van der Waals surface area contributed by atoms with Crippen LogP contribution in [-0.4, -0.2) is 69.8 Å². The molecule has 1 aliphatic heterocycles. The molecule has 154 valence electrons. The van der Waals surface area contributed by atoms with Gasteiger partial charge < -0.3 is 29.2 Å². The van der Waals surface area contributed by atoms with Crippen LogP contribution in [0.4, 0.5) is 0 Å². The minimum atomic E-state index is -0.885. The molecule has 1 atom stereocenters. The van der Waals surface area contributed by atoms with E-state index < -0.39 is 18.0 Å². The van der Waals surface area contributed by atoms with E-state index in [0.29, 0.717) is 30.3 Å². The number of ether oxygens (including phenoxy) is 4. The predicted molar refractivity (Wildman–Crippen MR) is 99.8 cm³/mol. The van der Waals surface area contributed by atoms with E-state index in [1.54, 1.807) is 4.90 Å². The first-order valence-corrected chi connectivity index (χ1v) is 8.97. The molecule has 1 saturated heterocycles. The topological polar surface area (TPSA) is 103 Å². The van der Waals surface area contributed by atoms with Gasteiger partial charge in [0.05, 0.1) is 21.3 Å². The summed E-state index contributed by atoms with van der Waals surface area (Å²) in [6, 6.07) is 2.95. The van der Waals surface area contributed by atoms with Crippen molar-refractivity contribution in [3.8, 4) is 17.2 Å². The molecule has 1 N–H and O–H groups in total. The van der Waals surface area contributed by atoms with Crippen LogP contribution in [-0.2, 0) is 14.3 Å². The van der Waals surface area contributed by atoms with E-state index in [2.05, 4.69) is 5.32 Å². The number of hydrogen-bond donors (Lipinski definition) is 1. The van der Waals surface area contributed by atoms with Crippen molar-refractivity contribution in [2.75, 3.05) is 41.0 Å². The molecule has 0 aromatic heterocycles. The Morgan fingerprint density at radius 3 is 2.11 bits per heavy atom. The Hall–Kier alpha value is -2.97. The molecule has 0 radical (unpaired) electrons. The monoisotopic (exact) mass is 394 g/mol. The number of rotatable bonds is 8. The van der Waals surface area contributed by atoms with Crippen LogP contribution >= 0.6 is 0 Å². The van der Waals surface area contributed by atoms with E-state index in [9.17, 15) is 14.4 Å². The Morgan fingerprint density at radius 1 is 1.04 bits per heavy atom. The van der Waals surface area contributed by atoms with Gasteiger partial charge in [-0.05, 0) is 31.9 Å². The zero-order valence-electron chi connectivity index (χ0n) is 16.6. The molecule has 1 aromatic carbocycles. The summed E-state index contributed by atoms with van der Waals surface area (Å²) in [4.78, 5) is 38.2. The zero-order chi connectivity index (χ0) is 20.7. The lowest BCUT2D eigenvalue weighted by Crippen LogP contribution is -2.40. The van der Waals surface area contributed by atoms with Crippen LogP contribution in [0.15, 0.2) is 12.1 Å². The molecule has 0 bridgehead atoms. The molecule has 28 heavy (non-hydrogen) atoms. The molecule has 1 aliphatic rings.